The number of halogens is 1. The van der Waals surface area contributed by atoms with Gasteiger partial charge < -0.3 is 4.74 Å². The smallest absolute Gasteiger partial charge is 0.350 e. The van der Waals surface area contributed by atoms with Gasteiger partial charge in [0.05, 0.1) is 17.9 Å². The first-order valence-corrected chi connectivity index (χ1v) is 12.1. The van der Waals surface area contributed by atoms with E-state index in [2.05, 4.69) is 26.5 Å². The summed E-state index contributed by atoms with van der Waals surface area (Å²) < 4.78 is 7.86. The molecule has 35 heavy (non-hydrogen) atoms. The molecule has 0 atom stereocenters. The molecule has 1 heterocycles. The SMILES string of the molecule is CCOC(=O)c1s/c(=N/NC(=O)C2=CC(=O)C=CC2=O)n(-c2ccc(Br)cc2)c1-c1ccccc1. The Kier molecular flexibility index (Phi) is 7.33. The molecule has 0 spiro atoms. The number of carbonyl (C=O) groups excluding carboxylic acids is 4. The molecule has 0 fully saturated rings. The van der Waals surface area contributed by atoms with Crippen LogP contribution in [0.25, 0.3) is 16.9 Å². The van der Waals surface area contributed by atoms with Crippen molar-refractivity contribution in [3.63, 3.8) is 0 Å². The van der Waals surface area contributed by atoms with Gasteiger partial charge in [0.25, 0.3) is 5.91 Å². The van der Waals surface area contributed by atoms with Crippen molar-refractivity contribution in [3.8, 4) is 16.9 Å². The molecule has 0 saturated heterocycles. The zero-order valence-electron chi connectivity index (χ0n) is 18.4. The fraction of sp³-hybridized carbons (Fsp3) is 0.0800. The maximum absolute atomic E-state index is 12.9. The van der Waals surface area contributed by atoms with Crippen LogP contribution in [0, 0.1) is 0 Å². The van der Waals surface area contributed by atoms with Crippen molar-refractivity contribution in [2.75, 3.05) is 6.61 Å². The highest BCUT2D eigenvalue weighted by Crippen LogP contribution is 2.29. The normalized spacial score (nSPS) is 13.5. The highest BCUT2D eigenvalue weighted by Gasteiger charge is 2.24. The lowest BCUT2D eigenvalue weighted by atomic mass is 10.0. The molecule has 8 nitrogen and oxygen atoms in total. The second-order valence-corrected chi connectivity index (χ2v) is 9.06. The minimum Gasteiger partial charge on any atom is -0.462 e. The number of hydrogen-bond acceptors (Lipinski definition) is 7. The van der Waals surface area contributed by atoms with E-state index in [-0.39, 0.29) is 17.0 Å². The molecular formula is C25H18BrN3O5S. The molecule has 1 aromatic heterocycles. The number of esters is 1. The predicted molar refractivity (Wildman–Crippen MR) is 134 cm³/mol. The van der Waals surface area contributed by atoms with Gasteiger partial charge in [-0.15, -0.1) is 5.10 Å². The number of thiazole rings is 1. The molecule has 0 bridgehead atoms. The van der Waals surface area contributed by atoms with E-state index >= 15 is 0 Å². The van der Waals surface area contributed by atoms with Crippen LogP contribution in [0.4, 0.5) is 0 Å². The van der Waals surface area contributed by atoms with Crippen LogP contribution in [0.3, 0.4) is 0 Å². The number of nitrogens with one attached hydrogen (secondary N) is 1. The number of ether oxygens (including phenoxy) is 1. The number of rotatable bonds is 6. The van der Waals surface area contributed by atoms with Gasteiger partial charge in [-0.25, -0.2) is 10.2 Å². The monoisotopic (exact) mass is 551 g/mol. The Morgan fingerprint density at radius 2 is 1.77 bits per heavy atom. The van der Waals surface area contributed by atoms with Crippen molar-refractivity contribution in [3.05, 3.63) is 92.5 Å². The van der Waals surface area contributed by atoms with Crippen LogP contribution in [-0.2, 0) is 19.1 Å². The zero-order chi connectivity index (χ0) is 24.9. The van der Waals surface area contributed by atoms with Gasteiger partial charge in [0.1, 0.15) is 4.88 Å². The largest absolute Gasteiger partial charge is 0.462 e. The molecule has 10 heteroatoms. The summed E-state index contributed by atoms with van der Waals surface area (Å²) in [6.07, 6.45) is 3.09. The minimum absolute atomic E-state index is 0.185. The topological polar surface area (TPSA) is 107 Å². The summed E-state index contributed by atoms with van der Waals surface area (Å²) in [4.78, 5) is 49.7. The Hall–Kier alpha value is -3.89. The van der Waals surface area contributed by atoms with Crippen molar-refractivity contribution in [2.45, 2.75) is 6.92 Å². The highest BCUT2D eigenvalue weighted by atomic mass is 79.9. The van der Waals surface area contributed by atoms with Gasteiger partial charge in [-0.05, 0) is 43.3 Å². The molecule has 1 amide bonds. The number of nitrogens with zero attached hydrogens (tertiary/aromatic N) is 2. The summed E-state index contributed by atoms with van der Waals surface area (Å²) in [7, 11) is 0. The number of carbonyl (C=O) groups is 4. The van der Waals surface area contributed by atoms with E-state index in [4.69, 9.17) is 4.74 Å². The number of amides is 1. The lowest BCUT2D eigenvalue weighted by Gasteiger charge is -2.11. The summed E-state index contributed by atoms with van der Waals surface area (Å²) in [5.74, 6) is -2.42. The molecule has 1 N–H and O–H groups in total. The second-order valence-electron chi connectivity index (χ2n) is 7.17. The third-order valence-electron chi connectivity index (χ3n) is 4.86. The first-order chi connectivity index (χ1) is 16.9. The summed E-state index contributed by atoms with van der Waals surface area (Å²) in [6, 6.07) is 16.6. The Bertz CT molecular complexity index is 1450. The van der Waals surface area contributed by atoms with Gasteiger partial charge in [-0.3, -0.25) is 19.0 Å². The quantitative estimate of drug-likeness (QED) is 0.217. The standard InChI is InChI=1S/C25H18BrN3O5S/c1-2-34-24(33)22-21(15-6-4-3-5-7-15)29(17-10-8-16(26)9-11-17)25(35-22)28-27-23(32)19-14-18(30)12-13-20(19)31/h3-14H,2H2,1H3,(H,27,32)/b28-25+. The summed E-state index contributed by atoms with van der Waals surface area (Å²) in [6.45, 7) is 1.90. The van der Waals surface area contributed by atoms with Crippen LogP contribution in [0.2, 0.25) is 0 Å². The number of aromatic nitrogens is 1. The molecule has 176 valence electrons. The summed E-state index contributed by atoms with van der Waals surface area (Å²) in [5.41, 5.74) is 3.98. The van der Waals surface area contributed by atoms with Crippen LogP contribution in [-0.4, -0.2) is 34.6 Å². The minimum atomic E-state index is -0.831. The highest BCUT2D eigenvalue weighted by molar-refractivity contribution is 9.10. The number of benzene rings is 2. The lowest BCUT2D eigenvalue weighted by molar-refractivity contribution is -0.122. The molecule has 0 radical (unpaired) electrons. The third-order valence-corrected chi connectivity index (χ3v) is 6.41. The molecule has 0 unspecified atom stereocenters. The van der Waals surface area contributed by atoms with E-state index < -0.39 is 23.4 Å². The van der Waals surface area contributed by atoms with E-state index in [1.54, 1.807) is 11.5 Å². The molecule has 1 aliphatic rings. The maximum Gasteiger partial charge on any atom is 0.350 e. The molecule has 0 aliphatic heterocycles. The van der Waals surface area contributed by atoms with Crippen molar-refractivity contribution in [1.82, 2.24) is 9.99 Å². The molecule has 1 aliphatic carbocycles. The maximum atomic E-state index is 12.9. The zero-order valence-corrected chi connectivity index (χ0v) is 20.8. The van der Waals surface area contributed by atoms with Crippen molar-refractivity contribution in [2.24, 2.45) is 5.10 Å². The van der Waals surface area contributed by atoms with Crippen LogP contribution in [0.5, 0.6) is 0 Å². The van der Waals surface area contributed by atoms with Gasteiger partial charge in [0.15, 0.2) is 11.6 Å². The average molecular weight is 552 g/mol. The fourth-order valence-corrected chi connectivity index (χ4v) is 4.60. The number of hydrogen-bond donors (Lipinski definition) is 1. The Balaban J connectivity index is 1.90. The van der Waals surface area contributed by atoms with Crippen molar-refractivity contribution < 1.29 is 23.9 Å². The Morgan fingerprint density at radius 3 is 2.46 bits per heavy atom. The Labute approximate surface area is 212 Å². The lowest BCUT2D eigenvalue weighted by Crippen LogP contribution is -2.29. The van der Waals surface area contributed by atoms with Gasteiger partial charge in [0.2, 0.25) is 4.80 Å². The van der Waals surface area contributed by atoms with Crippen molar-refractivity contribution >= 4 is 50.7 Å². The fourth-order valence-electron chi connectivity index (χ4n) is 3.32. The predicted octanol–water partition coefficient (Wildman–Crippen LogP) is 3.71. The Morgan fingerprint density at radius 1 is 1.06 bits per heavy atom. The molecule has 2 aromatic carbocycles. The van der Waals surface area contributed by atoms with E-state index in [1.807, 2.05) is 54.6 Å². The molecule has 4 rings (SSSR count). The second kappa shape index (κ2) is 10.6. The van der Waals surface area contributed by atoms with E-state index in [9.17, 15) is 19.2 Å². The first-order valence-electron chi connectivity index (χ1n) is 10.5. The van der Waals surface area contributed by atoms with Gasteiger partial charge in [-0.1, -0.05) is 57.6 Å². The molecule has 0 saturated carbocycles. The van der Waals surface area contributed by atoms with E-state index in [0.29, 0.717) is 16.3 Å². The number of ketones is 2. The van der Waals surface area contributed by atoms with Crippen molar-refractivity contribution in [1.29, 1.82) is 0 Å². The van der Waals surface area contributed by atoms with Crippen LogP contribution in [0.1, 0.15) is 16.6 Å². The average Bonchev–Trinajstić information content (AvgIpc) is 3.25. The third kappa shape index (κ3) is 5.28. The van der Waals surface area contributed by atoms with Gasteiger partial charge in [-0.2, -0.15) is 0 Å². The van der Waals surface area contributed by atoms with E-state index in [0.717, 1.165) is 39.6 Å². The number of allylic oxidation sites excluding steroid dienone is 3. The molecular weight excluding hydrogens is 534 g/mol. The summed E-state index contributed by atoms with van der Waals surface area (Å²) >= 11 is 4.45. The first kappa shape index (κ1) is 24.2. The van der Waals surface area contributed by atoms with Crippen LogP contribution in [0.15, 0.2) is 88.0 Å². The van der Waals surface area contributed by atoms with Crippen LogP contribution < -0.4 is 10.2 Å². The van der Waals surface area contributed by atoms with Gasteiger partial charge in [0, 0.05) is 21.8 Å². The van der Waals surface area contributed by atoms with Gasteiger partial charge >= 0.3 is 5.97 Å². The summed E-state index contributed by atoms with van der Waals surface area (Å²) in [5, 5.41) is 4.22. The molecule has 3 aromatic rings. The van der Waals surface area contributed by atoms with E-state index in [1.165, 1.54) is 0 Å². The van der Waals surface area contributed by atoms with Crippen LogP contribution >= 0.6 is 27.3 Å².